The standard InChI is InChI=1S/C29H20ClNO3/c30-22-12-10-21(11-13-22)28-18-26(25-8-4-5-9-27(25)31-28)29(32)34-24-16-14-23(15-17-24)33-19-20-6-2-1-3-7-20/h1-18H,19H2. The molecular weight excluding hydrogens is 446 g/mol. The number of carbonyl (C=O) groups excluding carboxylic acids is 1. The largest absolute Gasteiger partial charge is 0.489 e. The first-order valence-electron chi connectivity index (χ1n) is 10.8. The van der Waals surface area contributed by atoms with Gasteiger partial charge >= 0.3 is 5.97 Å². The van der Waals surface area contributed by atoms with Crippen molar-refractivity contribution >= 4 is 28.5 Å². The summed E-state index contributed by atoms with van der Waals surface area (Å²) in [5.41, 5.74) is 3.78. The summed E-state index contributed by atoms with van der Waals surface area (Å²) < 4.78 is 11.5. The summed E-state index contributed by atoms with van der Waals surface area (Å²) in [4.78, 5) is 17.9. The molecule has 4 nitrogen and oxygen atoms in total. The van der Waals surface area contributed by atoms with Gasteiger partial charge in [-0.1, -0.05) is 72.3 Å². The van der Waals surface area contributed by atoms with Crippen molar-refractivity contribution in [3.63, 3.8) is 0 Å². The minimum absolute atomic E-state index is 0.436. The number of halogens is 1. The average molecular weight is 466 g/mol. The fourth-order valence-electron chi connectivity index (χ4n) is 3.62. The lowest BCUT2D eigenvalue weighted by Crippen LogP contribution is -2.10. The minimum Gasteiger partial charge on any atom is -0.489 e. The second-order valence-corrected chi connectivity index (χ2v) is 8.15. The van der Waals surface area contributed by atoms with E-state index in [2.05, 4.69) is 0 Å². The summed E-state index contributed by atoms with van der Waals surface area (Å²) in [6.07, 6.45) is 0. The van der Waals surface area contributed by atoms with Crippen LogP contribution in [-0.2, 0) is 6.61 Å². The van der Waals surface area contributed by atoms with E-state index in [-0.39, 0.29) is 0 Å². The van der Waals surface area contributed by atoms with Crippen LogP contribution >= 0.6 is 11.6 Å². The van der Waals surface area contributed by atoms with Crippen molar-refractivity contribution in [2.75, 3.05) is 0 Å². The monoisotopic (exact) mass is 465 g/mol. The first-order chi connectivity index (χ1) is 16.7. The number of carbonyl (C=O) groups is 1. The van der Waals surface area contributed by atoms with E-state index in [1.165, 1.54) is 0 Å². The SMILES string of the molecule is O=C(Oc1ccc(OCc2ccccc2)cc1)c1cc(-c2ccc(Cl)cc2)nc2ccccc12. The van der Waals surface area contributed by atoms with E-state index in [0.29, 0.717) is 39.9 Å². The number of hydrogen-bond donors (Lipinski definition) is 0. The Morgan fingerprint density at radius 2 is 1.44 bits per heavy atom. The van der Waals surface area contributed by atoms with Gasteiger partial charge in [0.2, 0.25) is 0 Å². The van der Waals surface area contributed by atoms with Crippen LogP contribution in [0.3, 0.4) is 0 Å². The van der Waals surface area contributed by atoms with Crippen LogP contribution in [0.5, 0.6) is 11.5 Å². The third kappa shape index (κ3) is 4.92. The van der Waals surface area contributed by atoms with Crippen LogP contribution < -0.4 is 9.47 Å². The van der Waals surface area contributed by atoms with Crippen LogP contribution in [0.1, 0.15) is 15.9 Å². The number of nitrogens with zero attached hydrogens (tertiary/aromatic N) is 1. The molecule has 0 saturated heterocycles. The van der Waals surface area contributed by atoms with E-state index < -0.39 is 5.97 Å². The average Bonchev–Trinajstić information content (AvgIpc) is 2.88. The summed E-state index contributed by atoms with van der Waals surface area (Å²) in [6, 6.07) is 33.6. The molecule has 0 atom stereocenters. The van der Waals surface area contributed by atoms with Gasteiger partial charge < -0.3 is 9.47 Å². The van der Waals surface area contributed by atoms with Gasteiger partial charge in [0.1, 0.15) is 18.1 Å². The maximum atomic E-state index is 13.2. The predicted molar refractivity (Wildman–Crippen MR) is 134 cm³/mol. The first kappa shape index (κ1) is 21.7. The van der Waals surface area contributed by atoms with Gasteiger partial charge in [-0.25, -0.2) is 9.78 Å². The summed E-state index contributed by atoms with van der Waals surface area (Å²) >= 11 is 6.02. The molecule has 1 aromatic heterocycles. The summed E-state index contributed by atoms with van der Waals surface area (Å²) in [6.45, 7) is 0.469. The highest BCUT2D eigenvalue weighted by atomic mass is 35.5. The summed E-state index contributed by atoms with van der Waals surface area (Å²) in [5.74, 6) is 0.681. The molecule has 5 aromatic rings. The first-order valence-corrected chi connectivity index (χ1v) is 11.2. The molecule has 0 spiro atoms. The van der Waals surface area contributed by atoms with Crippen LogP contribution in [0, 0.1) is 0 Å². The topological polar surface area (TPSA) is 48.4 Å². The lowest BCUT2D eigenvalue weighted by atomic mass is 10.0. The molecule has 1 heterocycles. The second-order valence-electron chi connectivity index (χ2n) is 7.71. The number of rotatable bonds is 6. The zero-order valence-electron chi connectivity index (χ0n) is 18.1. The van der Waals surface area contributed by atoms with Crippen LogP contribution in [0.15, 0.2) is 109 Å². The van der Waals surface area contributed by atoms with Gasteiger partial charge in [-0.3, -0.25) is 0 Å². The number of para-hydroxylation sites is 1. The Hall–Kier alpha value is -4.15. The molecular formula is C29H20ClNO3. The molecule has 5 heteroatoms. The molecule has 4 aromatic carbocycles. The van der Waals surface area contributed by atoms with Crippen LogP contribution in [0.4, 0.5) is 0 Å². The molecule has 0 N–H and O–H groups in total. The smallest absolute Gasteiger partial charge is 0.344 e. The molecule has 0 saturated carbocycles. The fourth-order valence-corrected chi connectivity index (χ4v) is 3.75. The summed E-state index contributed by atoms with van der Waals surface area (Å²) in [5, 5.41) is 1.37. The van der Waals surface area contributed by atoms with Gasteiger partial charge in [-0.15, -0.1) is 0 Å². The number of esters is 1. The van der Waals surface area contributed by atoms with Crippen LogP contribution in [-0.4, -0.2) is 11.0 Å². The molecule has 0 amide bonds. The molecule has 5 rings (SSSR count). The third-order valence-electron chi connectivity index (χ3n) is 5.36. The molecule has 0 aliphatic heterocycles. The van der Waals surface area contributed by atoms with Crippen molar-refractivity contribution in [3.05, 3.63) is 125 Å². The Kier molecular flexibility index (Phi) is 6.23. The zero-order chi connectivity index (χ0) is 23.3. The van der Waals surface area contributed by atoms with Gasteiger partial charge in [0, 0.05) is 16.0 Å². The number of aromatic nitrogens is 1. The highest BCUT2D eigenvalue weighted by molar-refractivity contribution is 6.30. The number of pyridine rings is 1. The van der Waals surface area contributed by atoms with Crippen molar-refractivity contribution < 1.29 is 14.3 Å². The van der Waals surface area contributed by atoms with E-state index in [1.807, 2.05) is 66.7 Å². The van der Waals surface area contributed by atoms with Crippen molar-refractivity contribution in [1.82, 2.24) is 4.98 Å². The fraction of sp³-hybridized carbons (Fsp3) is 0.0345. The van der Waals surface area contributed by atoms with E-state index >= 15 is 0 Å². The third-order valence-corrected chi connectivity index (χ3v) is 5.61. The van der Waals surface area contributed by atoms with E-state index in [1.54, 1.807) is 42.5 Å². The summed E-state index contributed by atoms with van der Waals surface area (Å²) in [7, 11) is 0. The molecule has 0 radical (unpaired) electrons. The Morgan fingerprint density at radius 1 is 0.765 bits per heavy atom. The van der Waals surface area contributed by atoms with Crippen molar-refractivity contribution in [1.29, 1.82) is 0 Å². The molecule has 0 fully saturated rings. The van der Waals surface area contributed by atoms with Crippen LogP contribution in [0.25, 0.3) is 22.2 Å². The maximum absolute atomic E-state index is 13.2. The van der Waals surface area contributed by atoms with Crippen molar-refractivity contribution in [3.8, 4) is 22.8 Å². The quantitative estimate of drug-likeness (QED) is 0.194. The van der Waals surface area contributed by atoms with Crippen LogP contribution in [0.2, 0.25) is 5.02 Å². The molecule has 0 unspecified atom stereocenters. The number of fused-ring (bicyclic) bond motifs is 1. The zero-order valence-corrected chi connectivity index (χ0v) is 18.9. The lowest BCUT2D eigenvalue weighted by molar-refractivity contribution is 0.0736. The highest BCUT2D eigenvalue weighted by Gasteiger charge is 2.16. The number of benzene rings is 4. The number of ether oxygens (including phenoxy) is 2. The van der Waals surface area contributed by atoms with Gasteiger partial charge in [0.25, 0.3) is 0 Å². The highest BCUT2D eigenvalue weighted by Crippen LogP contribution is 2.27. The van der Waals surface area contributed by atoms with Gasteiger partial charge in [0.15, 0.2) is 0 Å². The second kappa shape index (κ2) is 9.77. The molecule has 34 heavy (non-hydrogen) atoms. The Balaban J connectivity index is 1.37. The molecule has 166 valence electrons. The Labute approximate surface area is 202 Å². The maximum Gasteiger partial charge on any atom is 0.344 e. The minimum atomic E-state index is -0.452. The Morgan fingerprint density at radius 3 is 2.21 bits per heavy atom. The van der Waals surface area contributed by atoms with E-state index in [0.717, 1.165) is 16.5 Å². The molecule has 0 bridgehead atoms. The Bertz CT molecular complexity index is 1430. The van der Waals surface area contributed by atoms with E-state index in [4.69, 9.17) is 26.1 Å². The van der Waals surface area contributed by atoms with Crippen molar-refractivity contribution in [2.24, 2.45) is 0 Å². The molecule has 0 aliphatic carbocycles. The predicted octanol–water partition coefficient (Wildman–Crippen LogP) is 7.35. The van der Waals surface area contributed by atoms with Gasteiger partial charge in [-0.05, 0) is 54.1 Å². The van der Waals surface area contributed by atoms with Gasteiger partial charge in [0.05, 0.1) is 16.8 Å². The lowest BCUT2D eigenvalue weighted by Gasteiger charge is -2.11. The van der Waals surface area contributed by atoms with Crippen molar-refractivity contribution in [2.45, 2.75) is 6.61 Å². The van der Waals surface area contributed by atoms with Gasteiger partial charge in [-0.2, -0.15) is 0 Å². The normalized spacial score (nSPS) is 10.7. The number of hydrogen-bond acceptors (Lipinski definition) is 4. The van der Waals surface area contributed by atoms with E-state index in [9.17, 15) is 4.79 Å². The molecule has 0 aliphatic rings.